The molecule has 0 aliphatic carbocycles. The van der Waals surface area contributed by atoms with E-state index in [0.717, 1.165) is 5.56 Å². The molecule has 0 spiro atoms. The van der Waals surface area contributed by atoms with Gasteiger partial charge in [0, 0.05) is 6.04 Å². The minimum atomic E-state index is -0.0858. The van der Waals surface area contributed by atoms with Crippen molar-refractivity contribution in [2.24, 2.45) is 5.73 Å². The van der Waals surface area contributed by atoms with E-state index in [4.69, 9.17) is 31.5 Å². The molecule has 0 amide bonds. The van der Waals surface area contributed by atoms with Gasteiger partial charge in [-0.25, -0.2) is 0 Å². The van der Waals surface area contributed by atoms with Gasteiger partial charge in [-0.3, -0.25) is 0 Å². The maximum Gasteiger partial charge on any atom is 0.211 e. The fourth-order valence-electron chi connectivity index (χ4n) is 1.91. The number of benzene rings is 2. The van der Waals surface area contributed by atoms with Gasteiger partial charge < -0.3 is 19.9 Å². The van der Waals surface area contributed by atoms with E-state index in [9.17, 15) is 0 Å². The predicted octanol–water partition coefficient (Wildman–Crippen LogP) is 4.17. The predicted molar refractivity (Wildman–Crippen MR) is 83.7 cm³/mol. The zero-order chi connectivity index (χ0) is 15.4. The molecule has 0 radical (unpaired) electrons. The summed E-state index contributed by atoms with van der Waals surface area (Å²) >= 11 is 6.25. The van der Waals surface area contributed by atoms with Crippen LogP contribution in [0.5, 0.6) is 23.0 Å². The van der Waals surface area contributed by atoms with Crippen LogP contribution in [0.15, 0.2) is 36.4 Å². The van der Waals surface area contributed by atoms with Crippen molar-refractivity contribution in [3.63, 3.8) is 0 Å². The fourth-order valence-corrected chi connectivity index (χ4v) is 2.14. The molecule has 0 heterocycles. The minimum absolute atomic E-state index is 0.0858. The van der Waals surface area contributed by atoms with Crippen LogP contribution in [0.4, 0.5) is 0 Å². The fraction of sp³-hybridized carbons (Fsp3) is 0.250. The van der Waals surface area contributed by atoms with E-state index in [1.807, 2.05) is 19.1 Å². The number of ether oxygens (including phenoxy) is 3. The van der Waals surface area contributed by atoms with Crippen molar-refractivity contribution in [3.05, 3.63) is 47.0 Å². The Morgan fingerprint density at radius 1 is 1.00 bits per heavy atom. The van der Waals surface area contributed by atoms with Crippen molar-refractivity contribution in [3.8, 4) is 23.0 Å². The molecule has 21 heavy (non-hydrogen) atoms. The van der Waals surface area contributed by atoms with Crippen LogP contribution < -0.4 is 19.9 Å². The highest BCUT2D eigenvalue weighted by atomic mass is 35.5. The minimum Gasteiger partial charge on any atom is -0.493 e. The van der Waals surface area contributed by atoms with Crippen LogP contribution in [-0.4, -0.2) is 14.2 Å². The van der Waals surface area contributed by atoms with Crippen LogP contribution in [-0.2, 0) is 0 Å². The van der Waals surface area contributed by atoms with Crippen LogP contribution >= 0.6 is 11.6 Å². The molecule has 2 aromatic carbocycles. The van der Waals surface area contributed by atoms with Crippen LogP contribution in [0.25, 0.3) is 0 Å². The summed E-state index contributed by atoms with van der Waals surface area (Å²) in [4.78, 5) is 0. The summed E-state index contributed by atoms with van der Waals surface area (Å²) < 4.78 is 16.5. The van der Waals surface area contributed by atoms with Gasteiger partial charge >= 0.3 is 0 Å². The summed E-state index contributed by atoms with van der Waals surface area (Å²) in [6.07, 6.45) is 0. The third-order valence-electron chi connectivity index (χ3n) is 3.08. The maximum atomic E-state index is 6.25. The first-order valence-electron chi connectivity index (χ1n) is 6.50. The van der Waals surface area contributed by atoms with Crippen LogP contribution in [0.2, 0.25) is 5.02 Å². The molecule has 0 saturated carbocycles. The van der Waals surface area contributed by atoms with Gasteiger partial charge in [-0.15, -0.1) is 0 Å². The Kier molecular flexibility index (Phi) is 4.94. The Balaban J connectivity index is 2.38. The van der Waals surface area contributed by atoms with Crippen molar-refractivity contribution in [1.29, 1.82) is 0 Å². The summed E-state index contributed by atoms with van der Waals surface area (Å²) in [5.74, 6) is 2.14. The Hall–Kier alpha value is -1.91. The lowest BCUT2D eigenvalue weighted by Crippen LogP contribution is -2.04. The Morgan fingerprint density at radius 2 is 1.62 bits per heavy atom. The first-order valence-corrected chi connectivity index (χ1v) is 6.88. The van der Waals surface area contributed by atoms with E-state index in [1.54, 1.807) is 38.5 Å². The van der Waals surface area contributed by atoms with E-state index in [-0.39, 0.29) is 6.04 Å². The monoisotopic (exact) mass is 307 g/mol. The van der Waals surface area contributed by atoms with Crippen molar-refractivity contribution in [2.45, 2.75) is 13.0 Å². The van der Waals surface area contributed by atoms with Gasteiger partial charge in [-0.2, -0.15) is 0 Å². The largest absolute Gasteiger partial charge is 0.493 e. The second kappa shape index (κ2) is 6.70. The average Bonchev–Trinajstić information content (AvgIpc) is 2.49. The first-order chi connectivity index (χ1) is 10.1. The number of rotatable bonds is 5. The lowest BCUT2D eigenvalue weighted by Gasteiger charge is -2.15. The average molecular weight is 308 g/mol. The van der Waals surface area contributed by atoms with Crippen LogP contribution in [0, 0.1) is 0 Å². The molecular weight excluding hydrogens is 290 g/mol. The van der Waals surface area contributed by atoms with Crippen molar-refractivity contribution in [1.82, 2.24) is 0 Å². The third kappa shape index (κ3) is 3.40. The standard InChI is InChI=1S/C16H18ClNO3/c1-10(18)11-7-8-13(12(17)9-11)21-16-14(19-2)5-4-6-15(16)20-3/h4-10H,18H2,1-3H3/t10-/m0/s1. The van der Waals surface area contributed by atoms with Crippen molar-refractivity contribution in [2.75, 3.05) is 14.2 Å². The molecule has 2 N–H and O–H groups in total. The summed E-state index contributed by atoms with van der Waals surface area (Å²) in [6, 6.07) is 10.8. The lowest BCUT2D eigenvalue weighted by molar-refractivity contribution is 0.346. The molecule has 0 aliphatic rings. The van der Waals surface area contributed by atoms with E-state index >= 15 is 0 Å². The molecular formula is C16H18ClNO3. The second-order valence-corrected chi connectivity index (χ2v) is 4.98. The molecule has 112 valence electrons. The first kappa shape index (κ1) is 15.5. The molecule has 0 saturated heterocycles. The molecule has 0 unspecified atom stereocenters. The number of nitrogens with two attached hydrogens (primary N) is 1. The highest BCUT2D eigenvalue weighted by Gasteiger charge is 2.14. The number of para-hydroxylation sites is 1. The van der Waals surface area contributed by atoms with Crippen LogP contribution in [0.1, 0.15) is 18.5 Å². The molecule has 2 rings (SSSR count). The molecule has 0 aliphatic heterocycles. The van der Waals surface area contributed by atoms with Crippen molar-refractivity contribution < 1.29 is 14.2 Å². The van der Waals surface area contributed by atoms with E-state index in [0.29, 0.717) is 28.0 Å². The number of methoxy groups -OCH3 is 2. The number of hydrogen-bond donors (Lipinski definition) is 1. The van der Waals surface area contributed by atoms with E-state index in [1.165, 1.54) is 0 Å². The zero-order valence-corrected chi connectivity index (χ0v) is 13.0. The summed E-state index contributed by atoms with van der Waals surface area (Å²) in [7, 11) is 3.14. The van der Waals surface area contributed by atoms with E-state index in [2.05, 4.69) is 0 Å². The molecule has 0 aromatic heterocycles. The Morgan fingerprint density at radius 3 is 2.10 bits per heavy atom. The molecule has 4 nitrogen and oxygen atoms in total. The summed E-state index contributed by atoms with van der Waals surface area (Å²) in [5.41, 5.74) is 6.78. The molecule has 0 bridgehead atoms. The smallest absolute Gasteiger partial charge is 0.211 e. The maximum absolute atomic E-state index is 6.25. The summed E-state index contributed by atoms with van der Waals surface area (Å²) in [5, 5.41) is 0.484. The molecule has 1 atom stereocenters. The SMILES string of the molecule is COc1cccc(OC)c1Oc1ccc([C@H](C)N)cc1Cl. The molecule has 0 fully saturated rings. The summed E-state index contributed by atoms with van der Waals surface area (Å²) in [6.45, 7) is 1.90. The highest BCUT2D eigenvalue weighted by molar-refractivity contribution is 6.32. The van der Waals surface area contributed by atoms with Gasteiger partial charge in [0.05, 0.1) is 19.2 Å². The van der Waals surface area contributed by atoms with Gasteiger partial charge in [0.25, 0.3) is 0 Å². The molecule has 2 aromatic rings. The quantitative estimate of drug-likeness (QED) is 0.900. The number of hydrogen-bond acceptors (Lipinski definition) is 4. The zero-order valence-electron chi connectivity index (χ0n) is 12.2. The van der Waals surface area contributed by atoms with Gasteiger partial charge in [-0.1, -0.05) is 23.7 Å². The normalized spacial score (nSPS) is 11.9. The topological polar surface area (TPSA) is 53.7 Å². The Bertz CT molecular complexity index is 607. The second-order valence-electron chi connectivity index (χ2n) is 4.57. The highest BCUT2D eigenvalue weighted by Crippen LogP contribution is 2.42. The Labute approximate surface area is 129 Å². The molecule has 5 heteroatoms. The van der Waals surface area contributed by atoms with Crippen molar-refractivity contribution >= 4 is 11.6 Å². The van der Waals surface area contributed by atoms with Crippen LogP contribution in [0.3, 0.4) is 0 Å². The third-order valence-corrected chi connectivity index (χ3v) is 3.37. The number of halogens is 1. The van der Waals surface area contributed by atoms with Gasteiger partial charge in [-0.05, 0) is 36.8 Å². The van der Waals surface area contributed by atoms with Gasteiger partial charge in [0.2, 0.25) is 5.75 Å². The van der Waals surface area contributed by atoms with Gasteiger partial charge in [0.1, 0.15) is 5.75 Å². The lowest BCUT2D eigenvalue weighted by atomic mass is 10.1. The van der Waals surface area contributed by atoms with E-state index < -0.39 is 0 Å². The van der Waals surface area contributed by atoms with Gasteiger partial charge in [0.15, 0.2) is 11.5 Å².